The fourth-order valence-electron chi connectivity index (χ4n) is 4.04. The second kappa shape index (κ2) is 9.94. The number of aromatic amines is 1. The Bertz CT molecular complexity index is 1280. The van der Waals surface area contributed by atoms with Gasteiger partial charge in [0.05, 0.1) is 17.4 Å². The second-order valence-electron chi connectivity index (χ2n) is 8.40. The van der Waals surface area contributed by atoms with Crippen LogP contribution in [0.2, 0.25) is 0 Å². The van der Waals surface area contributed by atoms with E-state index in [1.54, 1.807) is 36.4 Å². The third kappa shape index (κ3) is 4.94. The zero-order chi connectivity index (χ0) is 23.4. The maximum Gasteiger partial charge on any atom is 0.329 e. The number of fused-ring (bicyclic) bond motifs is 2. The number of carbonyl (C=O) groups is 1. The average Bonchev–Trinajstić information content (AvgIpc) is 3.29. The largest absolute Gasteiger partial charge is 0.454 e. The summed E-state index contributed by atoms with van der Waals surface area (Å²) in [5, 5.41) is 3.33. The SMILES string of the molecule is CCCC[C@H](CC)CNC(=O)c1ccc2c(=O)n(Cc3ccc4c(c3)OCO4)c(=O)[nH]c2c1. The van der Waals surface area contributed by atoms with Gasteiger partial charge in [0.2, 0.25) is 6.79 Å². The summed E-state index contributed by atoms with van der Waals surface area (Å²) in [4.78, 5) is 41.1. The first-order chi connectivity index (χ1) is 16.0. The molecule has 0 saturated carbocycles. The van der Waals surface area contributed by atoms with Crippen molar-refractivity contribution in [2.24, 2.45) is 5.92 Å². The van der Waals surface area contributed by atoms with Crippen molar-refractivity contribution in [3.63, 3.8) is 0 Å². The molecule has 2 aromatic carbocycles. The van der Waals surface area contributed by atoms with Crippen molar-refractivity contribution in [3.05, 3.63) is 68.4 Å². The highest BCUT2D eigenvalue weighted by Gasteiger charge is 2.16. The second-order valence-corrected chi connectivity index (χ2v) is 8.40. The number of amides is 1. The minimum Gasteiger partial charge on any atom is -0.454 e. The van der Waals surface area contributed by atoms with Crippen molar-refractivity contribution in [3.8, 4) is 11.5 Å². The van der Waals surface area contributed by atoms with E-state index in [-0.39, 0.29) is 19.2 Å². The Kier molecular flexibility index (Phi) is 6.82. The molecule has 2 N–H and O–H groups in total. The number of rotatable bonds is 9. The lowest BCUT2D eigenvalue weighted by atomic mass is 9.99. The van der Waals surface area contributed by atoms with E-state index in [4.69, 9.17) is 9.47 Å². The van der Waals surface area contributed by atoms with Gasteiger partial charge in [-0.3, -0.25) is 14.2 Å². The molecule has 1 aliphatic rings. The molecule has 0 aliphatic carbocycles. The van der Waals surface area contributed by atoms with Gasteiger partial charge < -0.3 is 19.8 Å². The average molecular weight is 452 g/mol. The van der Waals surface area contributed by atoms with Gasteiger partial charge in [-0.25, -0.2) is 4.79 Å². The van der Waals surface area contributed by atoms with Crippen LogP contribution in [0.25, 0.3) is 10.9 Å². The number of H-pyrrole nitrogens is 1. The molecule has 174 valence electrons. The molecule has 0 fully saturated rings. The van der Waals surface area contributed by atoms with Crippen LogP contribution in [0, 0.1) is 5.92 Å². The normalized spacial score (nSPS) is 13.3. The van der Waals surface area contributed by atoms with Crippen molar-refractivity contribution in [1.29, 1.82) is 0 Å². The summed E-state index contributed by atoms with van der Waals surface area (Å²) in [5.41, 5.74) is 0.558. The summed E-state index contributed by atoms with van der Waals surface area (Å²) in [5.74, 6) is 1.46. The number of unbranched alkanes of at least 4 members (excludes halogenated alkanes) is 1. The van der Waals surface area contributed by atoms with E-state index in [0.29, 0.717) is 40.4 Å². The zero-order valence-electron chi connectivity index (χ0n) is 19.0. The lowest BCUT2D eigenvalue weighted by molar-refractivity contribution is 0.0946. The monoisotopic (exact) mass is 451 g/mol. The molecule has 4 rings (SSSR count). The van der Waals surface area contributed by atoms with Crippen molar-refractivity contribution < 1.29 is 14.3 Å². The highest BCUT2D eigenvalue weighted by molar-refractivity contribution is 5.97. The van der Waals surface area contributed by atoms with E-state index in [1.165, 1.54) is 0 Å². The lowest BCUT2D eigenvalue weighted by Gasteiger charge is -2.15. The first kappa shape index (κ1) is 22.6. The Morgan fingerprint density at radius 2 is 1.94 bits per heavy atom. The van der Waals surface area contributed by atoms with E-state index in [2.05, 4.69) is 24.1 Å². The Hall–Kier alpha value is -3.55. The van der Waals surface area contributed by atoms with Gasteiger partial charge >= 0.3 is 5.69 Å². The molecule has 0 spiro atoms. The smallest absolute Gasteiger partial charge is 0.329 e. The first-order valence-corrected chi connectivity index (χ1v) is 11.4. The number of hydrogen-bond acceptors (Lipinski definition) is 5. The number of benzene rings is 2. The van der Waals surface area contributed by atoms with Crippen molar-refractivity contribution in [2.45, 2.75) is 46.1 Å². The van der Waals surface area contributed by atoms with Gasteiger partial charge in [0.15, 0.2) is 11.5 Å². The minimum absolute atomic E-state index is 0.0964. The summed E-state index contributed by atoms with van der Waals surface area (Å²) in [6.07, 6.45) is 4.37. The molecule has 1 atom stereocenters. The molecule has 0 unspecified atom stereocenters. The van der Waals surface area contributed by atoms with Crippen LogP contribution in [-0.4, -0.2) is 28.8 Å². The summed E-state index contributed by atoms with van der Waals surface area (Å²) in [6.45, 7) is 5.15. The number of nitrogens with one attached hydrogen (secondary N) is 2. The Morgan fingerprint density at radius 1 is 1.12 bits per heavy atom. The van der Waals surface area contributed by atoms with Crippen molar-refractivity contribution in [2.75, 3.05) is 13.3 Å². The van der Waals surface area contributed by atoms with Gasteiger partial charge in [0, 0.05) is 12.1 Å². The standard InChI is InChI=1S/C25H29N3O5/c1-3-5-6-16(4-2)13-26-23(29)18-8-9-19-20(12-18)27-25(31)28(24(19)30)14-17-7-10-21-22(11-17)33-15-32-21/h7-12,16H,3-6,13-15H2,1-2H3,(H,26,29)(H,27,31)/t16-/m0/s1. The fourth-order valence-corrected chi connectivity index (χ4v) is 4.04. The molecule has 0 radical (unpaired) electrons. The van der Waals surface area contributed by atoms with Crippen LogP contribution < -0.4 is 26.0 Å². The quantitative estimate of drug-likeness (QED) is 0.519. The predicted octanol–water partition coefficient (Wildman–Crippen LogP) is 3.41. The third-order valence-corrected chi connectivity index (χ3v) is 6.12. The van der Waals surface area contributed by atoms with Gasteiger partial charge in [0.1, 0.15) is 0 Å². The van der Waals surface area contributed by atoms with E-state index in [9.17, 15) is 14.4 Å². The highest BCUT2D eigenvalue weighted by atomic mass is 16.7. The topological polar surface area (TPSA) is 102 Å². The molecule has 0 bridgehead atoms. The number of ether oxygens (including phenoxy) is 2. The Balaban J connectivity index is 1.54. The number of aromatic nitrogens is 2. The molecular formula is C25H29N3O5. The summed E-state index contributed by atoms with van der Waals surface area (Å²) >= 11 is 0. The number of hydrogen-bond donors (Lipinski definition) is 2. The van der Waals surface area contributed by atoms with E-state index < -0.39 is 11.2 Å². The molecule has 1 amide bonds. The van der Waals surface area contributed by atoms with Crippen LogP contribution >= 0.6 is 0 Å². The van der Waals surface area contributed by atoms with Crippen molar-refractivity contribution >= 4 is 16.8 Å². The Labute approximate surface area is 191 Å². The third-order valence-electron chi connectivity index (χ3n) is 6.12. The van der Waals surface area contributed by atoms with E-state index in [0.717, 1.165) is 35.8 Å². The molecule has 3 aromatic rings. The summed E-state index contributed by atoms with van der Waals surface area (Å²) in [6, 6.07) is 10.1. The molecular weight excluding hydrogens is 422 g/mol. The maximum absolute atomic E-state index is 13.0. The highest BCUT2D eigenvalue weighted by Crippen LogP contribution is 2.32. The lowest BCUT2D eigenvalue weighted by Crippen LogP contribution is -2.35. The van der Waals surface area contributed by atoms with E-state index >= 15 is 0 Å². The number of nitrogens with zero attached hydrogens (tertiary/aromatic N) is 1. The van der Waals surface area contributed by atoms with Crippen molar-refractivity contribution in [1.82, 2.24) is 14.9 Å². The molecule has 1 aromatic heterocycles. The molecule has 8 nitrogen and oxygen atoms in total. The van der Waals surface area contributed by atoms with Crippen LogP contribution in [0.4, 0.5) is 0 Å². The van der Waals surface area contributed by atoms with Gasteiger partial charge in [-0.15, -0.1) is 0 Å². The maximum atomic E-state index is 13.0. The minimum atomic E-state index is -0.534. The number of carbonyl (C=O) groups excluding carboxylic acids is 1. The predicted molar refractivity (Wildman–Crippen MR) is 126 cm³/mol. The van der Waals surface area contributed by atoms with E-state index in [1.807, 2.05) is 0 Å². The van der Waals surface area contributed by atoms with Crippen LogP contribution in [0.5, 0.6) is 11.5 Å². The van der Waals surface area contributed by atoms with Gasteiger partial charge in [0.25, 0.3) is 11.5 Å². The fraction of sp³-hybridized carbons (Fsp3) is 0.400. The van der Waals surface area contributed by atoms with Crippen LogP contribution in [0.3, 0.4) is 0 Å². The molecule has 0 saturated heterocycles. The molecule has 1 aliphatic heterocycles. The van der Waals surface area contributed by atoms with Crippen LogP contribution in [0.15, 0.2) is 46.0 Å². The van der Waals surface area contributed by atoms with Crippen LogP contribution in [-0.2, 0) is 6.54 Å². The molecule has 2 heterocycles. The Morgan fingerprint density at radius 3 is 2.73 bits per heavy atom. The van der Waals surface area contributed by atoms with Crippen LogP contribution in [0.1, 0.15) is 55.5 Å². The van der Waals surface area contributed by atoms with Gasteiger partial charge in [-0.05, 0) is 48.2 Å². The molecule has 8 heteroatoms. The van der Waals surface area contributed by atoms with Gasteiger partial charge in [-0.1, -0.05) is 39.2 Å². The molecule has 33 heavy (non-hydrogen) atoms. The summed E-state index contributed by atoms with van der Waals surface area (Å²) in [7, 11) is 0. The summed E-state index contributed by atoms with van der Waals surface area (Å²) < 4.78 is 11.8. The van der Waals surface area contributed by atoms with Gasteiger partial charge in [-0.2, -0.15) is 0 Å². The first-order valence-electron chi connectivity index (χ1n) is 11.4. The zero-order valence-corrected chi connectivity index (χ0v) is 19.0.